The lowest BCUT2D eigenvalue weighted by Gasteiger charge is -2.36. The van der Waals surface area contributed by atoms with Gasteiger partial charge in [0, 0.05) is 12.1 Å². The fraction of sp³-hybridized carbons (Fsp3) is 0.600. The van der Waals surface area contributed by atoms with Crippen molar-refractivity contribution in [2.75, 3.05) is 26.7 Å². The van der Waals surface area contributed by atoms with Gasteiger partial charge < -0.3 is 15.4 Å². The van der Waals surface area contributed by atoms with Gasteiger partial charge in [-0.1, -0.05) is 0 Å². The molecular formula is C15H23FN2O. The number of nitrogens with two attached hydrogens (primary N) is 1. The summed E-state index contributed by atoms with van der Waals surface area (Å²) < 4.78 is 18.5. The summed E-state index contributed by atoms with van der Waals surface area (Å²) in [5, 5.41) is 0. The summed E-state index contributed by atoms with van der Waals surface area (Å²) in [4.78, 5) is 2.39. The van der Waals surface area contributed by atoms with Crippen LogP contribution in [-0.4, -0.2) is 37.2 Å². The van der Waals surface area contributed by atoms with Gasteiger partial charge in [0.2, 0.25) is 0 Å². The topological polar surface area (TPSA) is 38.5 Å². The highest BCUT2D eigenvalue weighted by atomic mass is 19.1. The molecule has 0 saturated carbocycles. The van der Waals surface area contributed by atoms with Crippen LogP contribution in [0.2, 0.25) is 0 Å². The van der Waals surface area contributed by atoms with Crippen LogP contribution in [0.1, 0.15) is 25.3 Å². The Hall–Kier alpha value is -1.13. The molecule has 1 aromatic carbocycles. The number of hydrogen-bond acceptors (Lipinski definition) is 3. The monoisotopic (exact) mass is 266 g/mol. The number of nitrogens with zero attached hydrogens (tertiary/aromatic N) is 1. The van der Waals surface area contributed by atoms with Gasteiger partial charge in [0.25, 0.3) is 0 Å². The van der Waals surface area contributed by atoms with E-state index in [0.717, 1.165) is 50.2 Å². The SMILES string of the molecule is COc1ccc(F)cc1CCN1CCC(C)(N)CC1. The summed E-state index contributed by atoms with van der Waals surface area (Å²) in [5.41, 5.74) is 7.03. The molecule has 1 heterocycles. The Morgan fingerprint density at radius 2 is 2.05 bits per heavy atom. The number of benzene rings is 1. The molecule has 0 amide bonds. The number of methoxy groups -OCH3 is 1. The van der Waals surface area contributed by atoms with E-state index in [1.165, 1.54) is 6.07 Å². The zero-order chi connectivity index (χ0) is 13.9. The number of likely N-dealkylation sites (tertiary alicyclic amines) is 1. The third-order valence-corrected chi connectivity index (χ3v) is 3.94. The molecule has 2 rings (SSSR count). The Balaban J connectivity index is 1.91. The van der Waals surface area contributed by atoms with Crippen molar-refractivity contribution >= 4 is 0 Å². The van der Waals surface area contributed by atoms with Crippen molar-refractivity contribution in [2.45, 2.75) is 31.7 Å². The second-order valence-electron chi connectivity index (χ2n) is 5.70. The predicted octanol–water partition coefficient (Wildman–Crippen LogP) is 2.19. The second kappa shape index (κ2) is 5.88. The predicted molar refractivity (Wildman–Crippen MR) is 74.9 cm³/mol. The Morgan fingerprint density at radius 3 is 2.68 bits per heavy atom. The Bertz CT molecular complexity index is 424. The average Bonchev–Trinajstić information content (AvgIpc) is 2.38. The van der Waals surface area contributed by atoms with Crippen LogP contribution in [0, 0.1) is 5.82 Å². The van der Waals surface area contributed by atoms with Gasteiger partial charge in [0.05, 0.1) is 7.11 Å². The van der Waals surface area contributed by atoms with E-state index in [2.05, 4.69) is 11.8 Å². The van der Waals surface area contributed by atoms with Crippen LogP contribution < -0.4 is 10.5 Å². The lowest BCUT2D eigenvalue weighted by molar-refractivity contribution is 0.173. The van der Waals surface area contributed by atoms with Crippen LogP contribution in [-0.2, 0) is 6.42 Å². The third kappa shape index (κ3) is 3.91. The van der Waals surface area contributed by atoms with Gasteiger partial charge in [0.15, 0.2) is 0 Å². The number of rotatable bonds is 4. The van der Waals surface area contributed by atoms with Crippen molar-refractivity contribution < 1.29 is 9.13 Å². The van der Waals surface area contributed by atoms with E-state index in [1.807, 2.05) is 0 Å². The fourth-order valence-corrected chi connectivity index (χ4v) is 2.51. The first-order valence-electron chi connectivity index (χ1n) is 6.84. The van der Waals surface area contributed by atoms with E-state index < -0.39 is 0 Å². The molecule has 0 aromatic heterocycles. The zero-order valence-electron chi connectivity index (χ0n) is 11.8. The van der Waals surface area contributed by atoms with Gasteiger partial charge in [-0.25, -0.2) is 4.39 Å². The molecule has 1 aliphatic rings. The molecule has 1 aromatic rings. The highest BCUT2D eigenvalue weighted by Crippen LogP contribution is 2.22. The van der Waals surface area contributed by atoms with Gasteiger partial charge in [-0.05, 0) is 63.0 Å². The summed E-state index contributed by atoms with van der Waals surface area (Å²) in [7, 11) is 1.62. The molecule has 0 radical (unpaired) electrons. The van der Waals surface area contributed by atoms with Crippen LogP contribution in [0.15, 0.2) is 18.2 Å². The van der Waals surface area contributed by atoms with Crippen molar-refractivity contribution in [1.82, 2.24) is 4.90 Å². The first-order chi connectivity index (χ1) is 9.00. The molecule has 106 valence electrons. The molecule has 1 aliphatic heterocycles. The summed E-state index contributed by atoms with van der Waals surface area (Å²) in [6.45, 7) is 5.07. The van der Waals surface area contributed by atoms with Gasteiger partial charge >= 0.3 is 0 Å². The van der Waals surface area contributed by atoms with Crippen LogP contribution in [0.4, 0.5) is 4.39 Å². The normalized spacial score (nSPS) is 19.4. The van der Waals surface area contributed by atoms with E-state index in [4.69, 9.17) is 10.5 Å². The quantitative estimate of drug-likeness (QED) is 0.908. The van der Waals surface area contributed by atoms with Crippen molar-refractivity contribution in [3.05, 3.63) is 29.6 Å². The zero-order valence-corrected chi connectivity index (χ0v) is 11.8. The molecule has 19 heavy (non-hydrogen) atoms. The molecule has 0 atom stereocenters. The standard InChI is InChI=1S/C15H23FN2O/c1-15(17)6-9-18(10-7-15)8-5-12-11-13(16)3-4-14(12)19-2/h3-4,11H,5-10,17H2,1-2H3. The minimum Gasteiger partial charge on any atom is -0.496 e. The fourth-order valence-electron chi connectivity index (χ4n) is 2.51. The van der Waals surface area contributed by atoms with E-state index in [1.54, 1.807) is 19.2 Å². The second-order valence-corrected chi connectivity index (χ2v) is 5.70. The van der Waals surface area contributed by atoms with Crippen LogP contribution in [0.5, 0.6) is 5.75 Å². The van der Waals surface area contributed by atoms with Crippen molar-refractivity contribution in [3.63, 3.8) is 0 Å². The summed E-state index contributed by atoms with van der Waals surface area (Å²) in [6.07, 6.45) is 2.85. The molecule has 0 aliphatic carbocycles. The van der Waals surface area contributed by atoms with Crippen LogP contribution >= 0.6 is 0 Å². The van der Waals surface area contributed by atoms with Crippen molar-refractivity contribution in [2.24, 2.45) is 5.73 Å². The molecule has 2 N–H and O–H groups in total. The molecule has 0 spiro atoms. The maximum absolute atomic E-state index is 13.3. The van der Waals surface area contributed by atoms with Gasteiger partial charge in [-0.2, -0.15) is 0 Å². The Kier molecular flexibility index (Phi) is 4.42. The minimum absolute atomic E-state index is 0.0208. The Labute approximate surface area is 114 Å². The maximum Gasteiger partial charge on any atom is 0.123 e. The number of piperidine rings is 1. The lowest BCUT2D eigenvalue weighted by Crippen LogP contribution is -2.48. The van der Waals surface area contributed by atoms with Gasteiger partial charge in [0.1, 0.15) is 11.6 Å². The third-order valence-electron chi connectivity index (χ3n) is 3.94. The maximum atomic E-state index is 13.3. The highest BCUT2D eigenvalue weighted by molar-refractivity contribution is 5.34. The molecular weight excluding hydrogens is 243 g/mol. The van der Waals surface area contributed by atoms with Gasteiger partial charge in [-0.15, -0.1) is 0 Å². The molecule has 4 heteroatoms. The van der Waals surface area contributed by atoms with Crippen molar-refractivity contribution in [1.29, 1.82) is 0 Å². The highest BCUT2D eigenvalue weighted by Gasteiger charge is 2.25. The smallest absolute Gasteiger partial charge is 0.123 e. The number of hydrogen-bond donors (Lipinski definition) is 1. The van der Waals surface area contributed by atoms with Crippen LogP contribution in [0.3, 0.4) is 0 Å². The molecule has 1 saturated heterocycles. The number of ether oxygens (including phenoxy) is 1. The van der Waals surface area contributed by atoms with E-state index in [-0.39, 0.29) is 11.4 Å². The molecule has 1 fully saturated rings. The molecule has 0 bridgehead atoms. The Morgan fingerprint density at radius 1 is 1.37 bits per heavy atom. The molecule has 3 nitrogen and oxygen atoms in total. The summed E-state index contributed by atoms with van der Waals surface area (Å²) in [5.74, 6) is 0.561. The molecule has 0 unspecified atom stereocenters. The van der Waals surface area contributed by atoms with Gasteiger partial charge in [-0.3, -0.25) is 0 Å². The number of halogens is 1. The van der Waals surface area contributed by atoms with E-state index >= 15 is 0 Å². The minimum atomic E-state index is -0.205. The largest absolute Gasteiger partial charge is 0.496 e. The van der Waals surface area contributed by atoms with Crippen molar-refractivity contribution in [3.8, 4) is 5.75 Å². The summed E-state index contributed by atoms with van der Waals surface area (Å²) in [6, 6.07) is 4.69. The first-order valence-corrected chi connectivity index (χ1v) is 6.84. The summed E-state index contributed by atoms with van der Waals surface area (Å²) >= 11 is 0. The lowest BCUT2D eigenvalue weighted by atomic mass is 9.91. The van der Waals surface area contributed by atoms with Crippen LogP contribution in [0.25, 0.3) is 0 Å². The first kappa shape index (κ1) is 14.3. The average molecular weight is 266 g/mol. The van der Waals surface area contributed by atoms with E-state index in [9.17, 15) is 4.39 Å². The van der Waals surface area contributed by atoms with E-state index in [0.29, 0.717) is 0 Å².